The molecule has 1 aliphatic rings. The number of aryl methyl sites for hydroxylation is 1. The summed E-state index contributed by atoms with van der Waals surface area (Å²) in [4.78, 5) is 35.8. The van der Waals surface area contributed by atoms with Crippen LogP contribution in [0, 0.1) is 6.92 Å². The fourth-order valence-electron chi connectivity index (χ4n) is 3.67. The summed E-state index contributed by atoms with van der Waals surface area (Å²) in [7, 11) is 0. The average molecular weight is 562 g/mol. The summed E-state index contributed by atoms with van der Waals surface area (Å²) in [5, 5.41) is 6.82. The quantitative estimate of drug-likeness (QED) is 0.472. The van der Waals surface area contributed by atoms with Gasteiger partial charge in [-0.3, -0.25) is 9.59 Å². The highest BCUT2D eigenvalue weighted by Crippen LogP contribution is 2.36. The third-order valence-electron chi connectivity index (χ3n) is 5.51. The Morgan fingerprint density at radius 1 is 1.05 bits per heavy atom. The molecule has 1 fully saturated rings. The second kappa shape index (κ2) is 10.3. The van der Waals surface area contributed by atoms with Crippen molar-refractivity contribution in [1.29, 1.82) is 0 Å². The summed E-state index contributed by atoms with van der Waals surface area (Å²) < 4.78 is 85.6. The number of morpholine rings is 1. The third kappa shape index (κ3) is 5.96. The number of nitrogens with one attached hydrogen (secondary N) is 1. The minimum Gasteiger partial charge on any atom is -0.378 e. The lowest BCUT2D eigenvalue weighted by molar-refractivity contribution is -0.143. The normalized spacial score (nSPS) is 15.4. The Hall–Kier alpha value is -3.53. The van der Waals surface area contributed by atoms with E-state index in [9.17, 15) is 35.9 Å². The Morgan fingerprint density at radius 2 is 1.66 bits per heavy atom. The number of amides is 2. The highest BCUT2D eigenvalue weighted by molar-refractivity contribution is 7.16. The van der Waals surface area contributed by atoms with Crippen molar-refractivity contribution in [1.82, 2.24) is 30.0 Å². The van der Waals surface area contributed by atoms with Crippen LogP contribution in [0.2, 0.25) is 0 Å². The van der Waals surface area contributed by atoms with Gasteiger partial charge in [0.25, 0.3) is 11.8 Å². The van der Waals surface area contributed by atoms with Crippen LogP contribution in [0.3, 0.4) is 0 Å². The maximum Gasteiger partial charge on any atom is 0.416 e. The summed E-state index contributed by atoms with van der Waals surface area (Å²) in [5.41, 5.74) is -4.04. The van der Waals surface area contributed by atoms with E-state index in [-0.39, 0.29) is 28.8 Å². The second-order valence-corrected chi connectivity index (χ2v) is 9.34. The first-order valence-corrected chi connectivity index (χ1v) is 11.9. The van der Waals surface area contributed by atoms with E-state index in [1.807, 2.05) is 0 Å². The second-order valence-electron chi connectivity index (χ2n) is 8.33. The molecule has 3 heterocycles. The van der Waals surface area contributed by atoms with E-state index >= 15 is 0 Å². The van der Waals surface area contributed by atoms with Gasteiger partial charge in [-0.25, -0.2) is 9.97 Å². The number of nitrogens with zero attached hydrogens (tertiary/aromatic N) is 5. The minimum atomic E-state index is -5.10. The van der Waals surface area contributed by atoms with Crippen molar-refractivity contribution >= 4 is 23.2 Å². The van der Waals surface area contributed by atoms with Crippen LogP contribution in [-0.2, 0) is 17.1 Å². The number of carbonyl (C=O) groups excluding carboxylic acids is 2. The van der Waals surface area contributed by atoms with E-state index in [2.05, 4.69) is 20.4 Å². The van der Waals surface area contributed by atoms with Gasteiger partial charge in [0.05, 0.1) is 36.6 Å². The number of carbonyl (C=O) groups is 2. The Labute approximate surface area is 215 Å². The number of ether oxygens (including phenoxy) is 1. The molecule has 4 rings (SSSR count). The van der Waals surface area contributed by atoms with Crippen molar-refractivity contribution in [2.24, 2.45) is 0 Å². The molecule has 3 aromatic rings. The molecule has 1 N–H and O–H groups in total. The van der Waals surface area contributed by atoms with E-state index in [4.69, 9.17) is 4.74 Å². The van der Waals surface area contributed by atoms with Gasteiger partial charge in [0.2, 0.25) is 5.13 Å². The summed E-state index contributed by atoms with van der Waals surface area (Å²) in [5.74, 6) is -1.06. The smallest absolute Gasteiger partial charge is 0.378 e. The number of hydrogen-bond donors (Lipinski definition) is 1. The lowest BCUT2D eigenvalue weighted by Crippen LogP contribution is -2.40. The van der Waals surface area contributed by atoms with Gasteiger partial charge in [0, 0.05) is 18.7 Å². The Kier molecular flexibility index (Phi) is 7.47. The van der Waals surface area contributed by atoms with Crippen molar-refractivity contribution in [3.63, 3.8) is 0 Å². The highest BCUT2D eigenvalue weighted by Gasteiger charge is 2.37. The van der Waals surface area contributed by atoms with Crippen molar-refractivity contribution in [3.8, 4) is 5.13 Å². The molecule has 0 unspecified atom stereocenters. The molecule has 9 nitrogen and oxygen atoms in total. The first-order valence-electron chi connectivity index (χ1n) is 11.1. The van der Waals surface area contributed by atoms with Gasteiger partial charge in [0.15, 0.2) is 5.82 Å². The Balaban J connectivity index is 1.58. The van der Waals surface area contributed by atoms with Crippen LogP contribution in [0.15, 0.2) is 24.4 Å². The van der Waals surface area contributed by atoms with Crippen molar-refractivity contribution in [2.75, 3.05) is 26.3 Å². The molecule has 204 valence electrons. The topological polar surface area (TPSA) is 102 Å². The first kappa shape index (κ1) is 27.5. The molecule has 38 heavy (non-hydrogen) atoms. The number of alkyl halides is 6. The van der Waals surface area contributed by atoms with E-state index < -0.39 is 41.0 Å². The largest absolute Gasteiger partial charge is 0.416 e. The first-order chi connectivity index (χ1) is 17.7. The van der Waals surface area contributed by atoms with Crippen molar-refractivity contribution in [3.05, 3.63) is 57.6 Å². The van der Waals surface area contributed by atoms with Crippen LogP contribution < -0.4 is 5.32 Å². The van der Waals surface area contributed by atoms with Crippen molar-refractivity contribution in [2.45, 2.75) is 32.2 Å². The van der Waals surface area contributed by atoms with E-state index in [1.54, 1.807) is 11.8 Å². The predicted octanol–water partition coefficient (Wildman–Crippen LogP) is 4.03. The zero-order valence-electron chi connectivity index (χ0n) is 19.9. The molecule has 1 saturated heterocycles. The molecule has 2 aromatic heterocycles. The van der Waals surface area contributed by atoms with Gasteiger partial charge in [-0.05, 0) is 32.0 Å². The summed E-state index contributed by atoms with van der Waals surface area (Å²) in [6, 6.07) is -0.372. The van der Waals surface area contributed by atoms with Gasteiger partial charge in [-0.15, -0.1) is 5.10 Å². The van der Waals surface area contributed by atoms with Crippen molar-refractivity contribution < 1.29 is 40.7 Å². The van der Waals surface area contributed by atoms with E-state index in [0.29, 0.717) is 43.3 Å². The van der Waals surface area contributed by atoms with Crippen LogP contribution in [0.25, 0.3) is 5.13 Å². The lowest BCUT2D eigenvalue weighted by atomic mass is 10.0. The fourth-order valence-corrected chi connectivity index (χ4v) is 4.51. The maximum atomic E-state index is 13.2. The average Bonchev–Trinajstić information content (AvgIpc) is 3.49. The third-order valence-corrected chi connectivity index (χ3v) is 6.47. The van der Waals surface area contributed by atoms with Crippen LogP contribution in [0.4, 0.5) is 26.3 Å². The van der Waals surface area contributed by atoms with Crippen LogP contribution >= 0.6 is 11.3 Å². The number of thiazole rings is 1. The van der Waals surface area contributed by atoms with Gasteiger partial charge in [-0.2, -0.15) is 31.0 Å². The van der Waals surface area contributed by atoms with Gasteiger partial charge >= 0.3 is 12.4 Å². The monoisotopic (exact) mass is 562 g/mol. The Bertz CT molecular complexity index is 1310. The number of halogens is 6. The molecule has 16 heteroatoms. The zero-order valence-corrected chi connectivity index (χ0v) is 20.7. The molecular formula is C22H20F6N6O3S. The summed E-state index contributed by atoms with van der Waals surface area (Å²) >= 11 is 1.01. The highest BCUT2D eigenvalue weighted by atomic mass is 32.1. The van der Waals surface area contributed by atoms with Crippen LogP contribution in [0.5, 0.6) is 0 Å². The molecule has 0 saturated carbocycles. The lowest BCUT2D eigenvalue weighted by Gasteiger charge is -2.26. The molecular weight excluding hydrogens is 542 g/mol. The molecule has 2 amide bonds. The number of benzene rings is 1. The predicted molar refractivity (Wildman–Crippen MR) is 121 cm³/mol. The van der Waals surface area contributed by atoms with E-state index in [0.717, 1.165) is 11.3 Å². The van der Waals surface area contributed by atoms with Crippen LogP contribution in [-0.4, -0.2) is 62.8 Å². The molecule has 0 spiro atoms. The van der Waals surface area contributed by atoms with Gasteiger partial charge in [0.1, 0.15) is 10.7 Å². The summed E-state index contributed by atoms with van der Waals surface area (Å²) in [6.45, 7) is 4.66. The molecule has 0 radical (unpaired) electrons. The molecule has 0 aliphatic carbocycles. The standard InChI is InChI=1S/C22H20F6N6O3S/c1-11(30-18(35)13-7-14(21(23,24)25)9-15(8-13)22(26,27)28)17-31-12(2)32-34(17)20-29-10-16(38-20)19(36)33-3-5-37-6-4-33/h7-11H,3-6H2,1-2H3,(H,30,35)/t11-/m0/s1. The number of hydrogen-bond acceptors (Lipinski definition) is 7. The number of aromatic nitrogens is 4. The molecule has 0 bridgehead atoms. The minimum absolute atomic E-state index is 0.0571. The van der Waals surface area contributed by atoms with Gasteiger partial charge < -0.3 is 15.0 Å². The molecule has 1 aliphatic heterocycles. The SMILES string of the molecule is Cc1nc([C@H](C)NC(=O)c2cc(C(F)(F)F)cc(C(F)(F)F)c2)n(-c2ncc(C(=O)N3CCOCC3)s2)n1. The molecule has 1 aromatic carbocycles. The molecule has 1 atom stereocenters. The van der Waals surface area contributed by atoms with Crippen LogP contribution in [0.1, 0.15) is 55.8 Å². The Morgan fingerprint density at radius 3 is 2.24 bits per heavy atom. The summed E-state index contributed by atoms with van der Waals surface area (Å²) in [6.07, 6.45) is -8.83. The maximum absolute atomic E-state index is 13.2. The zero-order chi connectivity index (χ0) is 27.8. The number of rotatable bonds is 5. The van der Waals surface area contributed by atoms with E-state index in [1.165, 1.54) is 17.8 Å². The van der Waals surface area contributed by atoms with Gasteiger partial charge in [-0.1, -0.05) is 11.3 Å². The fraction of sp³-hybridized carbons (Fsp3) is 0.409.